The molecule has 0 saturated carbocycles. The molecule has 4 aromatic rings. The Morgan fingerprint density at radius 3 is 2.50 bits per heavy atom. The molecule has 3 N–H and O–H groups in total. The maximum Gasteiger partial charge on any atom is 0.241 e. The van der Waals surface area contributed by atoms with E-state index in [2.05, 4.69) is 10.0 Å². The van der Waals surface area contributed by atoms with Gasteiger partial charge in [-0.1, -0.05) is 60.1 Å². The zero-order chi connectivity index (χ0) is 25.4. The number of nitrogens with one attached hydrogen (secondary N) is 2. The molecule has 0 spiro atoms. The van der Waals surface area contributed by atoms with E-state index in [4.69, 9.17) is 11.6 Å². The predicted octanol–water partition coefficient (Wildman–Crippen LogP) is 5.15. The number of hydrogen-bond acceptors (Lipinski definition) is 5. The Labute approximate surface area is 212 Å². The molecular weight excluding hydrogens is 502 g/mol. The summed E-state index contributed by atoms with van der Waals surface area (Å²) in [6.45, 7) is 0. The van der Waals surface area contributed by atoms with Gasteiger partial charge in [0.25, 0.3) is 0 Å². The Hall–Kier alpha value is -4.08. The van der Waals surface area contributed by atoms with Gasteiger partial charge in [-0.05, 0) is 35.2 Å². The standard InChI is InChI=1S/C26H20ClN3O5S/c27-20-8-4-2-6-17(20)15-36(34,35)29-21-11-10-18(13-23(21)31)30-22-12-9-16-5-1-3-7-19(16)26(22)28-24(32)14-25(30)33/h1-13,29,31H,14-15H2,(H,28,32). The molecule has 0 bridgehead atoms. The van der Waals surface area contributed by atoms with Crippen molar-refractivity contribution in [3.05, 3.63) is 89.4 Å². The fraction of sp³-hybridized carbons (Fsp3) is 0.0769. The zero-order valence-electron chi connectivity index (χ0n) is 18.7. The Balaban J connectivity index is 1.50. The third kappa shape index (κ3) is 4.58. The fourth-order valence-electron chi connectivity index (χ4n) is 4.16. The summed E-state index contributed by atoms with van der Waals surface area (Å²) in [5, 5.41) is 15.4. The van der Waals surface area contributed by atoms with Gasteiger partial charge in [-0.25, -0.2) is 8.42 Å². The summed E-state index contributed by atoms with van der Waals surface area (Å²) in [4.78, 5) is 26.8. The number of phenolic OH excluding ortho intramolecular Hbond substituents is 1. The van der Waals surface area contributed by atoms with Crippen LogP contribution in [0.3, 0.4) is 0 Å². The van der Waals surface area contributed by atoms with Crippen LogP contribution in [0.2, 0.25) is 5.02 Å². The quantitative estimate of drug-likeness (QED) is 0.248. The molecule has 36 heavy (non-hydrogen) atoms. The first-order valence-electron chi connectivity index (χ1n) is 10.9. The van der Waals surface area contributed by atoms with Gasteiger partial charge in [-0.3, -0.25) is 19.2 Å². The summed E-state index contributed by atoms with van der Waals surface area (Å²) in [6, 6.07) is 21.7. The monoisotopic (exact) mass is 521 g/mol. The summed E-state index contributed by atoms with van der Waals surface area (Å²) in [5.41, 5.74) is 1.56. The lowest BCUT2D eigenvalue weighted by atomic mass is 10.1. The van der Waals surface area contributed by atoms with Gasteiger partial charge in [0, 0.05) is 16.5 Å². The minimum Gasteiger partial charge on any atom is -0.506 e. The number of amides is 2. The smallest absolute Gasteiger partial charge is 0.241 e. The molecule has 0 saturated heterocycles. The number of halogens is 1. The summed E-state index contributed by atoms with van der Waals surface area (Å²) < 4.78 is 27.7. The Morgan fingerprint density at radius 1 is 0.972 bits per heavy atom. The van der Waals surface area contributed by atoms with Gasteiger partial charge in [0.15, 0.2) is 0 Å². The summed E-state index contributed by atoms with van der Waals surface area (Å²) in [7, 11) is -3.90. The topological polar surface area (TPSA) is 116 Å². The van der Waals surface area contributed by atoms with Gasteiger partial charge < -0.3 is 10.4 Å². The first-order valence-corrected chi connectivity index (χ1v) is 13.0. The molecular formula is C26H20ClN3O5S. The molecule has 4 aromatic carbocycles. The number of hydrogen-bond donors (Lipinski definition) is 3. The molecule has 5 rings (SSSR count). The highest BCUT2D eigenvalue weighted by atomic mass is 35.5. The Morgan fingerprint density at radius 2 is 1.72 bits per heavy atom. The van der Waals surface area contributed by atoms with E-state index in [1.54, 1.807) is 30.3 Å². The normalized spacial score (nSPS) is 13.8. The second-order valence-electron chi connectivity index (χ2n) is 8.29. The van der Waals surface area contributed by atoms with Crippen LogP contribution in [0.4, 0.5) is 22.7 Å². The van der Waals surface area contributed by atoms with Gasteiger partial charge in [-0.15, -0.1) is 0 Å². The number of carbonyl (C=O) groups is 2. The lowest BCUT2D eigenvalue weighted by Crippen LogP contribution is -2.26. The summed E-state index contributed by atoms with van der Waals surface area (Å²) >= 11 is 6.08. The van der Waals surface area contributed by atoms with Crippen LogP contribution in [0, 0.1) is 0 Å². The molecule has 10 heteroatoms. The Bertz CT molecular complexity index is 1640. The third-order valence-electron chi connectivity index (χ3n) is 5.78. The van der Waals surface area contributed by atoms with E-state index in [0.717, 1.165) is 10.8 Å². The van der Waals surface area contributed by atoms with Crippen molar-refractivity contribution in [1.29, 1.82) is 0 Å². The number of carbonyl (C=O) groups excluding carboxylic acids is 2. The molecule has 0 unspecified atom stereocenters. The predicted molar refractivity (Wildman–Crippen MR) is 140 cm³/mol. The third-order valence-corrected chi connectivity index (χ3v) is 7.37. The van der Waals surface area contributed by atoms with E-state index in [0.29, 0.717) is 22.0 Å². The van der Waals surface area contributed by atoms with Crippen molar-refractivity contribution in [2.75, 3.05) is 14.9 Å². The van der Waals surface area contributed by atoms with Crippen LogP contribution in [0.1, 0.15) is 12.0 Å². The summed E-state index contributed by atoms with van der Waals surface area (Å²) in [5.74, 6) is -1.71. The number of phenols is 1. The van der Waals surface area contributed by atoms with E-state index in [1.807, 2.05) is 30.3 Å². The molecule has 0 radical (unpaired) electrons. The highest BCUT2D eigenvalue weighted by molar-refractivity contribution is 7.91. The molecule has 1 aliphatic heterocycles. The maximum absolute atomic E-state index is 13.0. The number of rotatable bonds is 5. The minimum absolute atomic E-state index is 0.0546. The van der Waals surface area contributed by atoms with Crippen molar-refractivity contribution in [2.45, 2.75) is 12.2 Å². The van der Waals surface area contributed by atoms with Crippen molar-refractivity contribution in [3.63, 3.8) is 0 Å². The highest BCUT2D eigenvalue weighted by Gasteiger charge is 2.29. The van der Waals surface area contributed by atoms with Crippen LogP contribution < -0.4 is 14.9 Å². The molecule has 8 nitrogen and oxygen atoms in total. The molecule has 182 valence electrons. The van der Waals surface area contributed by atoms with Gasteiger partial charge in [0.1, 0.15) is 12.2 Å². The summed E-state index contributed by atoms with van der Waals surface area (Å²) in [6.07, 6.45) is -0.393. The van der Waals surface area contributed by atoms with Crippen molar-refractivity contribution < 1.29 is 23.1 Å². The average molecular weight is 522 g/mol. The largest absolute Gasteiger partial charge is 0.506 e. The van der Waals surface area contributed by atoms with Crippen molar-refractivity contribution >= 4 is 67.0 Å². The van der Waals surface area contributed by atoms with Crippen LogP contribution in [-0.2, 0) is 25.4 Å². The van der Waals surface area contributed by atoms with Crippen molar-refractivity contribution in [1.82, 2.24) is 0 Å². The molecule has 0 aliphatic carbocycles. The van der Waals surface area contributed by atoms with Gasteiger partial charge in [0.05, 0.1) is 28.5 Å². The fourth-order valence-corrected chi connectivity index (χ4v) is 5.69. The first-order chi connectivity index (χ1) is 17.2. The van der Waals surface area contributed by atoms with E-state index < -0.39 is 28.3 Å². The highest BCUT2D eigenvalue weighted by Crippen LogP contribution is 2.41. The lowest BCUT2D eigenvalue weighted by Gasteiger charge is -2.24. The van der Waals surface area contributed by atoms with Gasteiger partial charge in [-0.2, -0.15) is 0 Å². The maximum atomic E-state index is 13.0. The molecule has 1 aliphatic rings. The number of sulfonamides is 1. The zero-order valence-corrected chi connectivity index (χ0v) is 20.3. The average Bonchev–Trinajstić information content (AvgIpc) is 2.96. The van der Waals surface area contributed by atoms with Crippen LogP contribution in [-0.4, -0.2) is 25.3 Å². The molecule has 0 aromatic heterocycles. The van der Waals surface area contributed by atoms with Gasteiger partial charge in [0.2, 0.25) is 21.8 Å². The SMILES string of the molecule is O=C1CC(=O)N(c2ccc(NS(=O)(=O)Cc3ccccc3Cl)c(O)c2)c2ccc3ccccc3c2N1. The van der Waals surface area contributed by atoms with Crippen molar-refractivity contribution in [3.8, 4) is 5.75 Å². The second-order valence-corrected chi connectivity index (χ2v) is 10.4. The van der Waals surface area contributed by atoms with E-state index >= 15 is 0 Å². The van der Waals surface area contributed by atoms with Crippen molar-refractivity contribution in [2.24, 2.45) is 0 Å². The molecule has 2 amide bonds. The number of fused-ring (bicyclic) bond motifs is 3. The van der Waals surface area contributed by atoms with E-state index in [1.165, 1.54) is 23.1 Å². The number of nitrogens with zero attached hydrogens (tertiary/aromatic N) is 1. The van der Waals surface area contributed by atoms with Crippen LogP contribution in [0.15, 0.2) is 78.9 Å². The molecule has 1 heterocycles. The second kappa shape index (κ2) is 9.18. The van der Waals surface area contributed by atoms with E-state index in [9.17, 15) is 23.1 Å². The number of anilines is 4. The number of benzene rings is 4. The Kier molecular flexibility index (Phi) is 6.03. The first kappa shape index (κ1) is 23.7. The van der Waals surface area contributed by atoms with Crippen LogP contribution in [0.25, 0.3) is 10.8 Å². The molecule has 0 fully saturated rings. The van der Waals surface area contributed by atoms with Crippen LogP contribution in [0.5, 0.6) is 5.75 Å². The molecule has 0 atom stereocenters. The lowest BCUT2D eigenvalue weighted by molar-refractivity contribution is -0.124. The van der Waals surface area contributed by atoms with E-state index in [-0.39, 0.29) is 22.9 Å². The minimum atomic E-state index is -3.90. The number of aromatic hydroxyl groups is 1. The van der Waals surface area contributed by atoms with Gasteiger partial charge >= 0.3 is 0 Å². The van der Waals surface area contributed by atoms with Crippen LogP contribution >= 0.6 is 11.6 Å².